The molecule has 0 fully saturated rings. The second-order valence-electron chi connectivity index (χ2n) is 7.74. The Balaban J connectivity index is 2.67. The van der Waals surface area contributed by atoms with Gasteiger partial charge in [-0.1, -0.05) is 69.3 Å². The molecule has 8 nitrogen and oxygen atoms in total. The lowest BCUT2D eigenvalue weighted by Gasteiger charge is -2.32. The number of hydrogen-bond acceptors (Lipinski definition) is 5. The van der Waals surface area contributed by atoms with Gasteiger partial charge in [0.25, 0.3) is 16.0 Å². The molecule has 0 spiro atoms. The third kappa shape index (κ3) is 5.52. The van der Waals surface area contributed by atoms with Gasteiger partial charge in [0.05, 0.1) is 0 Å². The Hall–Kier alpha value is -3.04. The fourth-order valence-corrected chi connectivity index (χ4v) is 3.55. The van der Waals surface area contributed by atoms with E-state index in [0.29, 0.717) is 16.0 Å². The van der Waals surface area contributed by atoms with Crippen LogP contribution in [0.15, 0.2) is 54.6 Å². The highest BCUT2D eigenvalue weighted by molar-refractivity contribution is 7.85. The number of aliphatic carboxylic acids is 1. The second-order valence-corrected chi connectivity index (χ2v) is 9.24. The molecule has 30 heavy (non-hydrogen) atoms. The van der Waals surface area contributed by atoms with Gasteiger partial charge in [-0.15, -0.1) is 0 Å². The van der Waals surface area contributed by atoms with Crippen LogP contribution in [0.1, 0.15) is 31.1 Å². The highest BCUT2D eigenvalue weighted by Gasteiger charge is 2.42. The van der Waals surface area contributed by atoms with Crippen LogP contribution in [0.4, 0.5) is 0 Å². The summed E-state index contributed by atoms with van der Waals surface area (Å²) in [7, 11) is -4.80. The van der Waals surface area contributed by atoms with Crippen molar-refractivity contribution in [3.05, 3.63) is 60.2 Å². The Bertz CT molecular complexity index is 1060. The van der Waals surface area contributed by atoms with Crippen molar-refractivity contribution in [2.45, 2.75) is 26.8 Å². The van der Waals surface area contributed by atoms with E-state index in [4.69, 9.17) is 0 Å². The van der Waals surface area contributed by atoms with Gasteiger partial charge >= 0.3 is 5.97 Å². The van der Waals surface area contributed by atoms with Crippen LogP contribution in [0.3, 0.4) is 0 Å². The number of imide groups is 1. The second kappa shape index (κ2) is 8.76. The number of rotatable bonds is 6. The number of benzene rings is 2. The zero-order valence-electron chi connectivity index (χ0n) is 16.8. The summed E-state index contributed by atoms with van der Waals surface area (Å²) in [5.41, 5.74) is -0.0514. The Kier molecular flexibility index (Phi) is 6.79. The molecule has 0 aliphatic rings. The molecule has 0 aromatic heterocycles. The topological polar surface area (TPSA) is 129 Å². The van der Waals surface area contributed by atoms with Crippen LogP contribution < -0.4 is 0 Å². The molecule has 2 aromatic rings. The van der Waals surface area contributed by atoms with Crippen molar-refractivity contribution >= 4 is 27.9 Å². The molecule has 1 atom stereocenters. The Labute approximate surface area is 174 Å². The smallest absolute Gasteiger partial charge is 0.328 e. The maximum atomic E-state index is 13.4. The average Bonchev–Trinajstić information content (AvgIpc) is 2.66. The summed E-state index contributed by atoms with van der Waals surface area (Å²) in [6, 6.07) is 13.0. The van der Waals surface area contributed by atoms with Crippen molar-refractivity contribution in [3.63, 3.8) is 0 Å². The molecule has 2 N–H and O–H groups in total. The number of carbonyl (C=O) groups excluding carboxylic acids is 2. The minimum absolute atomic E-state index is 0.0305. The van der Waals surface area contributed by atoms with Crippen LogP contribution in [-0.2, 0) is 19.7 Å². The molecular weight excluding hydrogens is 410 g/mol. The van der Waals surface area contributed by atoms with Crippen LogP contribution in [-0.4, -0.2) is 52.6 Å². The monoisotopic (exact) mass is 433 g/mol. The SMILES string of the molecule is CC(C)(C)C(=O)N(C(=O)c1ccccc1-c1ccccc1)[C@@H](CS(=O)(=O)O)C(=O)O. The average molecular weight is 433 g/mol. The molecule has 2 aromatic carbocycles. The first-order chi connectivity index (χ1) is 13.8. The molecular formula is C21H23NO7S. The Morgan fingerprint density at radius 1 is 0.967 bits per heavy atom. The summed E-state index contributed by atoms with van der Waals surface area (Å²) in [5, 5.41) is 9.58. The first-order valence-electron chi connectivity index (χ1n) is 9.03. The van der Waals surface area contributed by atoms with E-state index in [1.807, 2.05) is 0 Å². The molecule has 0 saturated heterocycles. The van der Waals surface area contributed by atoms with Crippen molar-refractivity contribution in [1.29, 1.82) is 0 Å². The standard InChI is InChI=1S/C21H23NO7S/c1-21(2,3)20(26)22(17(19(24)25)13-30(27,28)29)18(23)16-12-8-7-11-15(16)14-9-5-4-6-10-14/h4-12,17H,13H2,1-3H3,(H,24,25)(H,27,28,29)/t17-/m0/s1. The third-order valence-electron chi connectivity index (χ3n) is 4.29. The maximum Gasteiger partial charge on any atom is 0.328 e. The highest BCUT2D eigenvalue weighted by Crippen LogP contribution is 2.28. The minimum atomic E-state index is -4.80. The van der Waals surface area contributed by atoms with Gasteiger partial charge in [-0.05, 0) is 17.2 Å². The lowest BCUT2D eigenvalue weighted by atomic mass is 9.92. The van der Waals surface area contributed by atoms with Gasteiger partial charge in [0.1, 0.15) is 5.75 Å². The quantitative estimate of drug-likeness (QED) is 0.670. The number of amides is 2. The van der Waals surface area contributed by atoms with E-state index in [0.717, 1.165) is 0 Å². The van der Waals surface area contributed by atoms with Crippen LogP contribution in [0.2, 0.25) is 0 Å². The summed E-state index contributed by atoms with van der Waals surface area (Å²) < 4.78 is 32.0. The highest BCUT2D eigenvalue weighted by atomic mass is 32.2. The van der Waals surface area contributed by atoms with E-state index < -0.39 is 45.1 Å². The van der Waals surface area contributed by atoms with E-state index in [2.05, 4.69) is 0 Å². The third-order valence-corrected chi connectivity index (χ3v) is 5.02. The summed E-state index contributed by atoms with van der Waals surface area (Å²) in [4.78, 5) is 38.7. The molecule has 2 amide bonds. The van der Waals surface area contributed by atoms with Gasteiger partial charge in [-0.25, -0.2) is 4.79 Å². The molecule has 0 aliphatic heterocycles. The fraction of sp³-hybridized carbons (Fsp3) is 0.286. The van der Waals surface area contributed by atoms with Crippen LogP contribution >= 0.6 is 0 Å². The summed E-state index contributed by atoms with van der Waals surface area (Å²) in [5.74, 6) is -4.89. The molecule has 0 radical (unpaired) electrons. The lowest BCUT2D eigenvalue weighted by molar-refractivity contribution is -0.150. The van der Waals surface area contributed by atoms with Gasteiger partial charge in [-0.3, -0.25) is 19.0 Å². The molecule has 0 heterocycles. The predicted molar refractivity (Wildman–Crippen MR) is 110 cm³/mol. The van der Waals surface area contributed by atoms with Crippen LogP contribution in [0, 0.1) is 5.41 Å². The van der Waals surface area contributed by atoms with Crippen molar-refractivity contribution in [2.24, 2.45) is 5.41 Å². The predicted octanol–water partition coefficient (Wildman–Crippen LogP) is 2.71. The summed E-state index contributed by atoms with van der Waals surface area (Å²) in [6.45, 7) is 4.43. The van der Waals surface area contributed by atoms with Gasteiger partial charge in [0.15, 0.2) is 6.04 Å². The number of carboxylic acids is 1. The summed E-state index contributed by atoms with van der Waals surface area (Å²) >= 11 is 0. The van der Waals surface area contributed by atoms with Gasteiger partial charge in [-0.2, -0.15) is 8.42 Å². The molecule has 2 rings (SSSR count). The fourth-order valence-electron chi connectivity index (χ4n) is 2.86. The summed E-state index contributed by atoms with van der Waals surface area (Å²) in [6.07, 6.45) is 0. The molecule has 160 valence electrons. The van der Waals surface area contributed by atoms with Crippen molar-refractivity contribution in [3.8, 4) is 11.1 Å². The van der Waals surface area contributed by atoms with Crippen molar-refractivity contribution < 1.29 is 32.5 Å². The van der Waals surface area contributed by atoms with Crippen molar-refractivity contribution in [2.75, 3.05) is 5.75 Å². The molecule has 0 bridgehead atoms. The minimum Gasteiger partial charge on any atom is -0.480 e. The number of carbonyl (C=O) groups is 3. The van der Waals surface area contributed by atoms with Gasteiger partial charge in [0, 0.05) is 11.0 Å². The molecule has 0 saturated carbocycles. The van der Waals surface area contributed by atoms with Crippen LogP contribution in [0.5, 0.6) is 0 Å². The van der Waals surface area contributed by atoms with Crippen molar-refractivity contribution in [1.82, 2.24) is 4.90 Å². The van der Waals surface area contributed by atoms with E-state index in [-0.39, 0.29) is 5.56 Å². The van der Waals surface area contributed by atoms with Crippen LogP contribution in [0.25, 0.3) is 11.1 Å². The van der Waals surface area contributed by atoms with E-state index >= 15 is 0 Å². The molecule has 0 aliphatic carbocycles. The Morgan fingerprint density at radius 2 is 1.50 bits per heavy atom. The van der Waals surface area contributed by atoms with E-state index in [1.54, 1.807) is 48.5 Å². The lowest BCUT2D eigenvalue weighted by Crippen LogP contribution is -2.55. The molecule has 9 heteroatoms. The first-order valence-corrected chi connectivity index (χ1v) is 10.6. The van der Waals surface area contributed by atoms with Gasteiger partial charge < -0.3 is 5.11 Å². The normalized spacial score (nSPS) is 12.8. The first kappa shape index (κ1) is 23.2. The zero-order valence-corrected chi connectivity index (χ0v) is 17.6. The Morgan fingerprint density at radius 3 is 2.00 bits per heavy atom. The maximum absolute atomic E-state index is 13.4. The van der Waals surface area contributed by atoms with E-state index in [1.165, 1.54) is 26.8 Å². The number of nitrogens with zero attached hydrogens (tertiary/aromatic N) is 1. The van der Waals surface area contributed by atoms with Gasteiger partial charge in [0.2, 0.25) is 5.91 Å². The molecule has 0 unspecified atom stereocenters. The largest absolute Gasteiger partial charge is 0.480 e. The van der Waals surface area contributed by atoms with E-state index in [9.17, 15) is 32.5 Å². The number of hydrogen-bond donors (Lipinski definition) is 2. The number of carboxylic acid groups (broad SMARTS) is 1. The zero-order chi connectivity index (χ0) is 22.7.